The second-order valence-corrected chi connectivity index (χ2v) is 4.94. The monoisotopic (exact) mass is 244 g/mol. The van der Waals surface area contributed by atoms with Crippen LogP contribution in [0.2, 0.25) is 0 Å². The molecule has 18 heavy (non-hydrogen) atoms. The molecule has 1 N–H and O–H groups in total. The number of rotatable bonds is 3. The van der Waals surface area contributed by atoms with Crippen molar-refractivity contribution >= 4 is 10.9 Å². The number of benzene rings is 1. The lowest BCUT2D eigenvalue weighted by atomic mass is 10.1. The number of nitrogens with one attached hydrogen (secondary N) is 1. The Bertz CT molecular complexity index is 526. The largest absolute Gasteiger partial charge is 0.379 e. The van der Waals surface area contributed by atoms with Crippen molar-refractivity contribution in [2.24, 2.45) is 0 Å². The van der Waals surface area contributed by atoms with Gasteiger partial charge in [0.15, 0.2) is 0 Å². The van der Waals surface area contributed by atoms with Crippen LogP contribution in [-0.4, -0.2) is 36.2 Å². The van der Waals surface area contributed by atoms with Crippen molar-refractivity contribution in [3.05, 3.63) is 35.5 Å². The smallest absolute Gasteiger partial charge is 0.0594 e. The number of hydrogen-bond acceptors (Lipinski definition) is 2. The lowest BCUT2D eigenvalue weighted by molar-refractivity contribution is 0.0342. The van der Waals surface area contributed by atoms with Crippen LogP contribution >= 0.6 is 0 Å². The molecule has 0 bridgehead atoms. The average molecular weight is 244 g/mol. The van der Waals surface area contributed by atoms with Gasteiger partial charge in [-0.1, -0.05) is 19.1 Å². The standard InChI is InChI=1S/C15H20N2O/c1-2-13-10-16-15-9-12(3-4-14(13)15)11-17-5-7-18-8-6-17/h3-4,9-10,16H,2,5-8,11H2,1H3. The third-order valence-corrected chi connectivity index (χ3v) is 3.72. The lowest BCUT2D eigenvalue weighted by Gasteiger charge is -2.26. The number of nitrogens with zero attached hydrogens (tertiary/aromatic N) is 1. The fourth-order valence-corrected chi connectivity index (χ4v) is 2.64. The normalized spacial score (nSPS) is 17.4. The molecule has 1 saturated heterocycles. The summed E-state index contributed by atoms with van der Waals surface area (Å²) in [7, 11) is 0. The van der Waals surface area contributed by atoms with E-state index in [-0.39, 0.29) is 0 Å². The molecule has 0 atom stereocenters. The van der Waals surface area contributed by atoms with E-state index >= 15 is 0 Å². The van der Waals surface area contributed by atoms with E-state index in [9.17, 15) is 0 Å². The Labute approximate surface area is 108 Å². The Kier molecular flexibility index (Phi) is 3.35. The van der Waals surface area contributed by atoms with Gasteiger partial charge in [0, 0.05) is 36.7 Å². The van der Waals surface area contributed by atoms with Gasteiger partial charge in [0.25, 0.3) is 0 Å². The number of morpholine rings is 1. The van der Waals surface area contributed by atoms with Gasteiger partial charge in [-0.25, -0.2) is 0 Å². The van der Waals surface area contributed by atoms with E-state index in [0.29, 0.717) is 0 Å². The Balaban J connectivity index is 1.80. The number of aromatic amines is 1. The van der Waals surface area contributed by atoms with Crippen molar-refractivity contribution in [3.8, 4) is 0 Å². The minimum absolute atomic E-state index is 0.866. The third kappa shape index (κ3) is 2.28. The SMILES string of the molecule is CCc1c[nH]c2cc(CN3CCOCC3)ccc12. The number of fused-ring (bicyclic) bond motifs is 1. The van der Waals surface area contributed by atoms with E-state index in [1.54, 1.807) is 0 Å². The van der Waals surface area contributed by atoms with Crippen LogP contribution in [-0.2, 0) is 17.7 Å². The highest BCUT2D eigenvalue weighted by Gasteiger charge is 2.11. The van der Waals surface area contributed by atoms with Gasteiger partial charge in [-0.15, -0.1) is 0 Å². The second-order valence-electron chi connectivity index (χ2n) is 4.94. The first kappa shape index (κ1) is 11.8. The second kappa shape index (κ2) is 5.12. The summed E-state index contributed by atoms with van der Waals surface area (Å²) in [6.45, 7) is 7.05. The van der Waals surface area contributed by atoms with Crippen molar-refractivity contribution in [2.45, 2.75) is 19.9 Å². The molecule has 1 aliphatic heterocycles. The van der Waals surface area contributed by atoms with Crippen molar-refractivity contribution in [3.63, 3.8) is 0 Å². The van der Waals surface area contributed by atoms with Crippen LogP contribution in [0.4, 0.5) is 0 Å². The zero-order chi connectivity index (χ0) is 12.4. The molecule has 1 aliphatic rings. The highest BCUT2D eigenvalue weighted by atomic mass is 16.5. The first-order chi connectivity index (χ1) is 8.86. The number of ether oxygens (including phenoxy) is 1. The number of aromatic nitrogens is 1. The highest BCUT2D eigenvalue weighted by molar-refractivity contribution is 5.83. The van der Waals surface area contributed by atoms with Gasteiger partial charge in [-0.05, 0) is 23.6 Å². The zero-order valence-electron chi connectivity index (χ0n) is 10.9. The predicted octanol–water partition coefficient (Wildman–Crippen LogP) is 2.56. The first-order valence-electron chi connectivity index (χ1n) is 6.76. The zero-order valence-corrected chi connectivity index (χ0v) is 10.9. The van der Waals surface area contributed by atoms with E-state index in [2.05, 4.69) is 41.2 Å². The van der Waals surface area contributed by atoms with E-state index in [4.69, 9.17) is 4.74 Å². The molecule has 3 nitrogen and oxygen atoms in total. The molecule has 0 spiro atoms. The molecule has 3 heteroatoms. The Morgan fingerprint density at radius 3 is 2.89 bits per heavy atom. The third-order valence-electron chi connectivity index (χ3n) is 3.72. The Morgan fingerprint density at radius 1 is 1.28 bits per heavy atom. The van der Waals surface area contributed by atoms with Crippen LogP contribution in [0, 0.1) is 0 Å². The summed E-state index contributed by atoms with van der Waals surface area (Å²) in [5, 5.41) is 1.36. The fourth-order valence-electron chi connectivity index (χ4n) is 2.64. The van der Waals surface area contributed by atoms with Crippen molar-refractivity contribution < 1.29 is 4.74 Å². The van der Waals surface area contributed by atoms with Gasteiger partial charge in [0.05, 0.1) is 13.2 Å². The highest BCUT2D eigenvalue weighted by Crippen LogP contribution is 2.21. The van der Waals surface area contributed by atoms with Gasteiger partial charge >= 0.3 is 0 Å². The van der Waals surface area contributed by atoms with E-state index in [1.165, 1.54) is 22.0 Å². The topological polar surface area (TPSA) is 28.3 Å². The van der Waals surface area contributed by atoms with Crippen LogP contribution in [0.25, 0.3) is 10.9 Å². The summed E-state index contributed by atoms with van der Waals surface area (Å²) in [5.41, 5.74) is 4.05. The summed E-state index contributed by atoms with van der Waals surface area (Å²) < 4.78 is 5.38. The minimum atomic E-state index is 0.866. The van der Waals surface area contributed by atoms with Gasteiger partial charge in [-0.3, -0.25) is 4.90 Å². The number of hydrogen-bond donors (Lipinski definition) is 1. The predicted molar refractivity (Wildman–Crippen MR) is 73.8 cm³/mol. The summed E-state index contributed by atoms with van der Waals surface area (Å²) >= 11 is 0. The molecule has 0 saturated carbocycles. The number of H-pyrrole nitrogens is 1. The molecule has 0 unspecified atom stereocenters. The van der Waals surface area contributed by atoms with Crippen LogP contribution in [0.1, 0.15) is 18.1 Å². The molecule has 2 aromatic rings. The van der Waals surface area contributed by atoms with Crippen LogP contribution in [0.3, 0.4) is 0 Å². The molecule has 0 radical (unpaired) electrons. The molecular weight excluding hydrogens is 224 g/mol. The molecule has 1 aromatic carbocycles. The van der Waals surface area contributed by atoms with Gasteiger partial charge in [-0.2, -0.15) is 0 Å². The van der Waals surface area contributed by atoms with Crippen molar-refractivity contribution in [2.75, 3.05) is 26.3 Å². The summed E-state index contributed by atoms with van der Waals surface area (Å²) in [6.07, 6.45) is 3.21. The Hall–Kier alpha value is -1.32. The molecular formula is C15H20N2O. The molecule has 96 valence electrons. The van der Waals surface area contributed by atoms with Gasteiger partial charge in [0.2, 0.25) is 0 Å². The maximum absolute atomic E-state index is 5.38. The van der Waals surface area contributed by atoms with E-state index in [1.807, 2.05) is 0 Å². The summed E-state index contributed by atoms with van der Waals surface area (Å²) in [4.78, 5) is 5.83. The Morgan fingerprint density at radius 2 is 2.11 bits per heavy atom. The first-order valence-corrected chi connectivity index (χ1v) is 6.76. The molecule has 0 amide bonds. The fraction of sp³-hybridized carbons (Fsp3) is 0.467. The van der Waals surface area contributed by atoms with Gasteiger partial charge < -0.3 is 9.72 Å². The quantitative estimate of drug-likeness (QED) is 0.898. The van der Waals surface area contributed by atoms with Crippen LogP contribution < -0.4 is 0 Å². The van der Waals surface area contributed by atoms with Crippen molar-refractivity contribution in [1.29, 1.82) is 0 Å². The number of aryl methyl sites for hydroxylation is 1. The molecule has 3 rings (SSSR count). The van der Waals surface area contributed by atoms with E-state index < -0.39 is 0 Å². The average Bonchev–Trinajstić information content (AvgIpc) is 2.82. The maximum atomic E-state index is 5.38. The molecule has 1 aromatic heterocycles. The van der Waals surface area contributed by atoms with Crippen LogP contribution in [0.15, 0.2) is 24.4 Å². The van der Waals surface area contributed by atoms with Crippen molar-refractivity contribution in [1.82, 2.24) is 9.88 Å². The molecule has 2 heterocycles. The van der Waals surface area contributed by atoms with Gasteiger partial charge in [0.1, 0.15) is 0 Å². The maximum Gasteiger partial charge on any atom is 0.0594 e. The van der Waals surface area contributed by atoms with Crippen LogP contribution in [0.5, 0.6) is 0 Å². The summed E-state index contributed by atoms with van der Waals surface area (Å²) in [6, 6.07) is 6.79. The lowest BCUT2D eigenvalue weighted by Crippen LogP contribution is -2.35. The van der Waals surface area contributed by atoms with E-state index in [0.717, 1.165) is 39.3 Å². The molecule has 1 fully saturated rings. The summed E-state index contributed by atoms with van der Waals surface area (Å²) in [5.74, 6) is 0. The minimum Gasteiger partial charge on any atom is -0.379 e. The molecule has 0 aliphatic carbocycles.